The molecule has 0 bridgehead atoms. The lowest BCUT2D eigenvalue weighted by Crippen LogP contribution is -2.24. The molecular weight excluding hydrogens is 260 g/mol. The fourth-order valence-electron chi connectivity index (χ4n) is 1.58. The van der Waals surface area contributed by atoms with Crippen LogP contribution in [0, 0.1) is 0 Å². The Morgan fingerprint density at radius 2 is 2.53 bits per heavy atom. The number of hydrogen-bond acceptors (Lipinski definition) is 3. The van der Waals surface area contributed by atoms with Gasteiger partial charge in [0.05, 0.1) is 13.2 Å². The minimum absolute atomic E-state index is 0.00208. The predicted molar refractivity (Wildman–Crippen MR) is 59.5 cm³/mol. The summed E-state index contributed by atoms with van der Waals surface area (Å²) < 4.78 is 13.8. The van der Waals surface area contributed by atoms with E-state index in [1.54, 1.807) is 0 Å². The Morgan fingerprint density at radius 1 is 1.60 bits per heavy atom. The van der Waals surface area contributed by atoms with Crippen LogP contribution in [0.3, 0.4) is 0 Å². The summed E-state index contributed by atoms with van der Waals surface area (Å²) in [6.45, 7) is 2.25. The molecule has 1 unspecified atom stereocenters. The number of halogens is 1. The van der Waals surface area contributed by atoms with Gasteiger partial charge in [-0.05, 0) is 41.3 Å². The molecule has 1 aliphatic heterocycles. The second kappa shape index (κ2) is 5.63. The van der Waals surface area contributed by atoms with Gasteiger partial charge in [0.2, 0.25) is 0 Å². The molecule has 5 heteroatoms. The van der Waals surface area contributed by atoms with E-state index in [1.807, 2.05) is 16.9 Å². The lowest BCUT2D eigenvalue weighted by Gasteiger charge is -2.22. The Bertz CT molecular complexity index is 297. The Hall–Kier alpha value is -0.390. The molecule has 1 aromatic heterocycles. The maximum atomic E-state index is 5.60. The first kappa shape index (κ1) is 11.1. The van der Waals surface area contributed by atoms with Gasteiger partial charge in [-0.3, -0.25) is 4.68 Å². The van der Waals surface area contributed by atoms with Crippen molar-refractivity contribution in [3.8, 4) is 0 Å². The highest BCUT2D eigenvalue weighted by molar-refractivity contribution is 9.10. The highest BCUT2D eigenvalue weighted by Crippen LogP contribution is 2.13. The minimum atomic E-state index is -0.00208. The summed E-state index contributed by atoms with van der Waals surface area (Å²) in [5, 5.41) is 4.21. The summed E-state index contributed by atoms with van der Waals surface area (Å²) in [5.41, 5.74) is 0. The van der Waals surface area contributed by atoms with Crippen molar-refractivity contribution in [1.29, 1.82) is 0 Å². The Kier molecular flexibility index (Phi) is 4.17. The molecule has 0 N–H and O–H groups in total. The van der Waals surface area contributed by atoms with E-state index in [2.05, 4.69) is 21.0 Å². The molecule has 2 rings (SSSR count). The van der Waals surface area contributed by atoms with E-state index < -0.39 is 0 Å². The molecule has 0 aliphatic carbocycles. The van der Waals surface area contributed by atoms with Crippen LogP contribution in [0.15, 0.2) is 16.9 Å². The maximum absolute atomic E-state index is 5.60. The average Bonchev–Trinajstić information content (AvgIpc) is 2.66. The highest BCUT2D eigenvalue weighted by Gasteiger charge is 2.13. The number of rotatable bonds is 4. The third-order valence-corrected chi connectivity index (χ3v) is 2.79. The second-order valence-electron chi connectivity index (χ2n) is 3.57. The molecule has 0 saturated carbocycles. The van der Waals surface area contributed by atoms with Crippen molar-refractivity contribution in [3.63, 3.8) is 0 Å². The lowest BCUT2D eigenvalue weighted by atomic mass is 10.2. The zero-order valence-corrected chi connectivity index (χ0v) is 10.1. The molecule has 1 aliphatic rings. The van der Waals surface area contributed by atoms with Crippen LogP contribution in [0.5, 0.6) is 0 Å². The zero-order chi connectivity index (χ0) is 10.5. The first-order valence-electron chi connectivity index (χ1n) is 5.27. The smallest absolute Gasteiger partial charge is 0.157 e. The molecule has 0 radical (unpaired) electrons. The minimum Gasteiger partial charge on any atom is -0.353 e. The average molecular weight is 275 g/mol. The summed E-state index contributed by atoms with van der Waals surface area (Å²) in [5.74, 6) is 0. The molecule has 1 saturated heterocycles. The molecule has 0 aromatic carbocycles. The van der Waals surface area contributed by atoms with Crippen LogP contribution in [0.2, 0.25) is 0 Å². The summed E-state index contributed by atoms with van der Waals surface area (Å²) in [6, 6.07) is 1.91. The van der Waals surface area contributed by atoms with Crippen molar-refractivity contribution in [2.45, 2.75) is 32.1 Å². The quantitative estimate of drug-likeness (QED) is 0.845. The van der Waals surface area contributed by atoms with Crippen molar-refractivity contribution in [3.05, 3.63) is 16.9 Å². The second-order valence-corrected chi connectivity index (χ2v) is 4.38. The van der Waals surface area contributed by atoms with E-state index in [1.165, 1.54) is 6.42 Å². The fraction of sp³-hybridized carbons (Fsp3) is 0.700. The highest BCUT2D eigenvalue weighted by atomic mass is 79.9. The lowest BCUT2D eigenvalue weighted by molar-refractivity contribution is -0.163. The van der Waals surface area contributed by atoms with Crippen LogP contribution in [0.4, 0.5) is 0 Å². The van der Waals surface area contributed by atoms with Crippen LogP contribution in [0.25, 0.3) is 0 Å². The molecule has 2 heterocycles. The summed E-state index contributed by atoms with van der Waals surface area (Å²) >= 11 is 3.30. The van der Waals surface area contributed by atoms with E-state index in [4.69, 9.17) is 9.47 Å². The molecule has 1 atom stereocenters. The molecule has 0 spiro atoms. The molecule has 84 valence electrons. The topological polar surface area (TPSA) is 36.3 Å². The monoisotopic (exact) mass is 274 g/mol. The third-order valence-electron chi connectivity index (χ3n) is 2.37. The molecular formula is C10H15BrN2O2. The van der Waals surface area contributed by atoms with Gasteiger partial charge in [0.25, 0.3) is 0 Å². The third kappa shape index (κ3) is 3.59. The number of nitrogens with zero attached hydrogens (tertiary/aromatic N) is 2. The van der Waals surface area contributed by atoms with Gasteiger partial charge in [0.1, 0.15) is 4.60 Å². The molecule has 0 amide bonds. The van der Waals surface area contributed by atoms with Crippen LogP contribution >= 0.6 is 15.9 Å². The van der Waals surface area contributed by atoms with E-state index >= 15 is 0 Å². The van der Waals surface area contributed by atoms with Crippen molar-refractivity contribution < 1.29 is 9.47 Å². The van der Waals surface area contributed by atoms with E-state index in [0.29, 0.717) is 6.61 Å². The summed E-state index contributed by atoms with van der Waals surface area (Å²) in [4.78, 5) is 0. The first-order chi connectivity index (χ1) is 7.34. The molecule has 4 nitrogen and oxygen atoms in total. The van der Waals surface area contributed by atoms with Crippen LogP contribution in [-0.4, -0.2) is 29.3 Å². The Balaban J connectivity index is 1.65. The van der Waals surface area contributed by atoms with Crippen LogP contribution in [-0.2, 0) is 16.0 Å². The van der Waals surface area contributed by atoms with Gasteiger partial charge in [-0.25, -0.2) is 0 Å². The van der Waals surface area contributed by atoms with Gasteiger partial charge in [0.15, 0.2) is 6.29 Å². The van der Waals surface area contributed by atoms with Crippen molar-refractivity contribution in [1.82, 2.24) is 9.78 Å². The van der Waals surface area contributed by atoms with Crippen molar-refractivity contribution >= 4 is 15.9 Å². The van der Waals surface area contributed by atoms with Gasteiger partial charge >= 0.3 is 0 Å². The Morgan fingerprint density at radius 3 is 3.20 bits per heavy atom. The van der Waals surface area contributed by atoms with E-state index in [0.717, 1.165) is 30.6 Å². The SMILES string of the molecule is Brc1ccn(CCOC2CCCCO2)n1. The summed E-state index contributed by atoms with van der Waals surface area (Å²) in [7, 11) is 0. The van der Waals surface area contributed by atoms with Gasteiger partial charge in [-0.1, -0.05) is 0 Å². The van der Waals surface area contributed by atoms with Gasteiger partial charge in [-0.15, -0.1) is 0 Å². The largest absolute Gasteiger partial charge is 0.353 e. The van der Waals surface area contributed by atoms with E-state index in [-0.39, 0.29) is 6.29 Å². The summed E-state index contributed by atoms with van der Waals surface area (Å²) in [6.07, 6.45) is 5.31. The number of hydrogen-bond donors (Lipinski definition) is 0. The van der Waals surface area contributed by atoms with Crippen LogP contribution in [0.1, 0.15) is 19.3 Å². The number of ether oxygens (including phenoxy) is 2. The normalized spacial score (nSPS) is 21.8. The van der Waals surface area contributed by atoms with Gasteiger partial charge in [-0.2, -0.15) is 5.10 Å². The van der Waals surface area contributed by atoms with Crippen molar-refractivity contribution in [2.75, 3.05) is 13.2 Å². The Labute approximate surface area is 97.7 Å². The van der Waals surface area contributed by atoms with Crippen molar-refractivity contribution in [2.24, 2.45) is 0 Å². The van der Waals surface area contributed by atoms with E-state index in [9.17, 15) is 0 Å². The fourth-order valence-corrected chi connectivity index (χ4v) is 1.90. The zero-order valence-electron chi connectivity index (χ0n) is 8.56. The molecule has 1 fully saturated rings. The molecule has 15 heavy (non-hydrogen) atoms. The first-order valence-corrected chi connectivity index (χ1v) is 6.06. The number of aromatic nitrogens is 2. The molecule has 1 aromatic rings. The maximum Gasteiger partial charge on any atom is 0.157 e. The predicted octanol–water partition coefficient (Wildman–Crippen LogP) is 2.19. The van der Waals surface area contributed by atoms with Gasteiger partial charge in [0, 0.05) is 12.8 Å². The van der Waals surface area contributed by atoms with Crippen LogP contribution < -0.4 is 0 Å². The van der Waals surface area contributed by atoms with Gasteiger partial charge < -0.3 is 9.47 Å². The standard InChI is InChI=1S/C10H15BrN2O2/c11-9-4-5-13(12-9)6-8-15-10-3-1-2-7-14-10/h4-5,10H,1-3,6-8H2.